The molecule has 4 nitrogen and oxygen atoms in total. The average Bonchev–Trinajstić information content (AvgIpc) is 2.74. The van der Waals surface area contributed by atoms with Crippen molar-refractivity contribution in [3.63, 3.8) is 0 Å². The van der Waals surface area contributed by atoms with Crippen LogP contribution in [0.2, 0.25) is 0 Å². The summed E-state index contributed by atoms with van der Waals surface area (Å²) < 4.78 is 7.29. The van der Waals surface area contributed by atoms with E-state index in [2.05, 4.69) is 32.2 Å². The lowest BCUT2D eigenvalue weighted by Gasteiger charge is -2.12. The summed E-state index contributed by atoms with van der Waals surface area (Å²) in [5.74, 6) is 1.29. The van der Waals surface area contributed by atoms with Crippen LogP contribution in [0.4, 0.5) is 0 Å². The molecule has 1 aromatic heterocycles. The average molecular weight is 273 g/mol. The second-order valence-corrected chi connectivity index (χ2v) is 5.16. The predicted molar refractivity (Wildman–Crippen MR) is 81.9 cm³/mol. The number of nitrogens with one attached hydrogen (secondary N) is 1. The van der Waals surface area contributed by atoms with E-state index in [4.69, 9.17) is 9.84 Å². The van der Waals surface area contributed by atoms with Crippen LogP contribution in [0.25, 0.3) is 5.69 Å². The Bertz CT molecular complexity index is 589. The molecule has 0 aliphatic carbocycles. The van der Waals surface area contributed by atoms with Crippen molar-refractivity contribution in [3.8, 4) is 11.4 Å². The number of aryl methyl sites for hydroxylation is 1. The van der Waals surface area contributed by atoms with Gasteiger partial charge in [0.1, 0.15) is 5.75 Å². The van der Waals surface area contributed by atoms with E-state index in [-0.39, 0.29) is 0 Å². The zero-order valence-electron chi connectivity index (χ0n) is 12.9. The molecular weight excluding hydrogens is 250 g/mol. The van der Waals surface area contributed by atoms with Gasteiger partial charge in [-0.3, -0.25) is 0 Å². The summed E-state index contributed by atoms with van der Waals surface area (Å²) in [6, 6.07) is 7.99. The Hall–Kier alpha value is -1.81. The summed E-state index contributed by atoms with van der Waals surface area (Å²) in [4.78, 5) is 0. The Morgan fingerprint density at radius 3 is 2.75 bits per heavy atom. The Kier molecular flexibility index (Phi) is 4.45. The van der Waals surface area contributed by atoms with Crippen LogP contribution < -0.4 is 10.1 Å². The third-order valence-electron chi connectivity index (χ3n) is 3.65. The van der Waals surface area contributed by atoms with Crippen LogP contribution in [0, 0.1) is 13.8 Å². The SMILES string of the molecule is CNCC(C)c1c(C)nn(-c2cccc(OC)c2)c1C. The van der Waals surface area contributed by atoms with Crippen LogP contribution in [0.5, 0.6) is 5.75 Å². The van der Waals surface area contributed by atoms with Gasteiger partial charge in [0.2, 0.25) is 0 Å². The van der Waals surface area contributed by atoms with Gasteiger partial charge in [-0.15, -0.1) is 0 Å². The van der Waals surface area contributed by atoms with E-state index < -0.39 is 0 Å². The number of ether oxygens (including phenoxy) is 1. The number of hydrogen-bond donors (Lipinski definition) is 1. The second kappa shape index (κ2) is 6.09. The number of methoxy groups -OCH3 is 1. The van der Waals surface area contributed by atoms with Crippen LogP contribution in [-0.2, 0) is 0 Å². The molecule has 0 aliphatic heterocycles. The van der Waals surface area contributed by atoms with E-state index >= 15 is 0 Å². The first kappa shape index (κ1) is 14.6. The number of likely N-dealkylation sites (N-methyl/N-ethyl adjacent to an activating group) is 1. The standard InChI is InChI=1S/C16H23N3O/c1-11(10-17-4)16-12(2)18-19(13(16)3)14-7-6-8-15(9-14)20-5/h6-9,11,17H,10H2,1-5H3. The van der Waals surface area contributed by atoms with Crippen LogP contribution in [-0.4, -0.2) is 30.5 Å². The fraction of sp³-hybridized carbons (Fsp3) is 0.438. The first-order valence-electron chi connectivity index (χ1n) is 6.93. The molecule has 108 valence electrons. The molecule has 0 bridgehead atoms. The molecule has 1 unspecified atom stereocenters. The molecule has 0 saturated carbocycles. The largest absolute Gasteiger partial charge is 0.497 e. The van der Waals surface area contributed by atoms with Gasteiger partial charge in [0.25, 0.3) is 0 Å². The molecule has 20 heavy (non-hydrogen) atoms. The molecule has 2 rings (SSSR count). The van der Waals surface area contributed by atoms with Crippen molar-refractivity contribution in [1.82, 2.24) is 15.1 Å². The van der Waals surface area contributed by atoms with Gasteiger partial charge in [-0.1, -0.05) is 13.0 Å². The summed E-state index contributed by atoms with van der Waals surface area (Å²) in [5.41, 5.74) is 4.64. The van der Waals surface area contributed by atoms with Gasteiger partial charge >= 0.3 is 0 Å². The zero-order valence-corrected chi connectivity index (χ0v) is 12.9. The van der Waals surface area contributed by atoms with E-state index in [9.17, 15) is 0 Å². The minimum Gasteiger partial charge on any atom is -0.497 e. The number of aromatic nitrogens is 2. The third-order valence-corrected chi connectivity index (χ3v) is 3.65. The van der Waals surface area contributed by atoms with E-state index in [1.54, 1.807) is 7.11 Å². The Morgan fingerprint density at radius 2 is 2.10 bits per heavy atom. The van der Waals surface area contributed by atoms with Gasteiger partial charge in [-0.05, 0) is 38.9 Å². The highest BCUT2D eigenvalue weighted by Gasteiger charge is 2.17. The first-order chi connectivity index (χ1) is 9.58. The number of benzene rings is 1. The molecule has 0 radical (unpaired) electrons. The van der Waals surface area contributed by atoms with Crippen molar-refractivity contribution < 1.29 is 4.74 Å². The van der Waals surface area contributed by atoms with E-state index in [1.165, 1.54) is 11.3 Å². The molecule has 1 atom stereocenters. The van der Waals surface area contributed by atoms with E-state index in [1.807, 2.05) is 29.9 Å². The summed E-state index contributed by atoms with van der Waals surface area (Å²) in [6.45, 7) is 7.38. The fourth-order valence-electron chi connectivity index (χ4n) is 2.77. The van der Waals surface area contributed by atoms with E-state index in [0.29, 0.717) is 5.92 Å². The topological polar surface area (TPSA) is 39.1 Å². The monoisotopic (exact) mass is 273 g/mol. The fourth-order valence-corrected chi connectivity index (χ4v) is 2.77. The summed E-state index contributed by atoms with van der Waals surface area (Å²) >= 11 is 0. The molecule has 0 spiro atoms. The Balaban J connectivity index is 2.45. The summed E-state index contributed by atoms with van der Waals surface area (Å²) in [6.07, 6.45) is 0. The lowest BCUT2D eigenvalue weighted by Crippen LogP contribution is -2.15. The van der Waals surface area contributed by atoms with Gasteiger partial charge in [0.15, 0.2) is 0 Å². The maximum absolute atomic E-state index is 5.29. The van der Waals surface area contributed by atoms with E-state index in [0.717, 1.165) is 23.7 Å². The van der Waals surface area contributed by atoms with Crippen LogP contribution in [0.1, 0.15) is 29.8 Å². The molecule has 0 fully saturated rings. The van der Waals surface area contributed by atoms with Crippen molar-refractivity contribution in [2.24, 2.45) is 0 Å². The highest BCUT2D eigenvalue weighted by atomic mass is 16.5. The molecule has 0 aliphatic rings. The molecular formula is C16H23N3O. The molecule has 4 heteroatoms. The highest BCUT2D eigenvalue weighted by molar-refractivity contribution is 5.42. The Morgan fingerprint density at radius 1 is 1.35 bits per heavy atom. The lowest BCUT2D eigenvalue weighted by atomic mass is 9.99. The molecule has 0 saturated heterocycles. The number of hydrogen-bond acceptors (Lipinski definition) is 3. The third kappa shape index (κ3) is 2.70. The van der Waals surface area contributed by atoms with Crippen LogP contribution in [0.15, 0.2) is 24.3 Å². The van der Waals surface area contributed by atoms with Gasteiger partial charge in [-0.2, -0.15) is 5.10 Å². The zero-order chi connectivity index (χ0) is 14.7. The first-order valence-corrected chi connectivity index (χ1v) is 6.93. The van der Waals surface area contributed by atoms with Crippen molar-refractivity contribution >= 4 is 0 Å². The van der Waals surface area contributed by atoms with Gasteiger partial charge in [-0.25, -0.2) is 4.68 Å². The maximum atomic E-state index is 5.29. The minimum atomic E-state index is 0.444. The molecule has 2 aromatic rings. The second-order valence-electron chi connectivity index (χ2n) is 5.16. The van der Waals surface area contributed by atoms with Crippen molar-refractivity contribution in [2.75, 3.05) is 20.7 Å². The minimum absolute atomic E-state index is 0.444. The number of rotatable bonds is 5. The smallest absolute Gasteiger partial charge is 0.121 e. The van der Waals surface area contributed by atoms with Crippen LogP contribution >= 0.6 is 0 Å². The number of nitrogens with zero attached hydrogens (tertiary/aromatic N) is 2. The van der Waals surface area contributed by atoms with Crippen LogP contribution in [0.3, 0.4) is 0 Å². The lowest BCUT2D eigenvalue weighted by molar-refractivity contribution is 0.414. The molecule has 0 amide bonds. The van der Waals surface area contributed by atoms with Gasteiger partial charge < -0.3 is 10.1 Å². The summed E-state index contributed by atoms with van der Waals surface area (Å²) in [7, 11) is 3.66. The van der Waals surface area contributed by atoms with Gasteiger partial charge in [0, 0.05) is 23.9 Å². The Labute approximate surface area is 120 Å². The normalized spacial score (nSPS) is 12.4. The highest BCUT2D eigenvalue weighted by Crippen LogP contribution is 2.26. The molecule has 1 N–H and O–H groups in total. The predicted octanol–water partition coefficient (Wildman–Crippen LogP) is 2.82. The van der Waals surface area contributed by atoms with Crippen molar-refractivity contribution in [2.45, 2.75) is 26.7 Å². The van der Waals surface area contributed by atoms with Gasteiger partial charge in [0.05, 0.1) is 18.5 Å². The van der Waals surface area contributed by atoms with Crippen molar-refractivity contribution in [3.05, 3.63) is 41.2 Å². The van der Waals surface area contributed by atoms with Crippen molar-refractivity contribution in [1.29, 1.82) is 0 Å². The molecule has 1 heterocycles. The quantitative estimate of drug-likeness (QED) is 0.910. The maximum Gasteiger partial charge on any atom is 0.121 e. The molecule has 1 aromatic carbocycles. The summed E-state index contributed by atoms with van der Waals surface area (Å²) in [5, 5.41) is 7.92.